The van der Waals surface area contributed by atoms with Crippen LogP contribution in [0.5, 0.6) is 0 Å². The number of hydrogen-bond acceptors (Lipinski definition) is 1. The Hall–Kier alpha value is -0.180. The maximum atomic E-state index is 13.0. The van der Waals surface area contributed by atoms with Crippen LogP contribution in [0.25, 0.3) is 0 Å². The topological polar surface area (TPSA) is 26.0 Å². The second kappa shape index (κ2) is 4.59. The first-order chi connectivity index (χ1) is 7.49. The van der Waals surface area contributed by atoms with E-state index in [1.165, 1.54) is 25.7 Å². The van der Waals surface area contributed by atoms with Gasteiger partial charge >= 0.3 is 0 Å². The molecule has 0 unspecified atom stereocenters. The summed E-state index contributed by atoms with van der Waals surface area (Å²) in [6, 6.07) is 0. The van der Waals surface area contributed by atoms with Crippen molar-refractivity contribution in [2.24, 2.45) is 11.7 Å². The fraction of sp³-hybridized carbons (Fsp3) is 1.00. The molecule has 3 heteroatoms. The quantitative estimate of drug-likeness (QED) is 0.784. The minimum atomic E-state index is -2.45. The third kappa shape index (κ3) is 3.16. The first-order valence-corrected chi connectivity index (χ1v) is 6.66. The van der Waals surface area contributed by atoms with E-state index < -0.39 is 5.92 Å². The molecule has 0 heterocycles. The average Bonchev–Trinajstić information content (AvgIpc) is 2.74. The van der Waals surface area contributed by atoms with Crippen LogP contribution < -0.4 is 5.73 Å². The van der Waals surface area contributed by atoms with Crippen molar-refractivity contribution in [2.75, 3.05) is 0 Å². The fourth-order valence-corrected chi connectivity index (χ4v) is 3.15. The van der Waals surface area contributed by atoms with Crippen molar-refractivity contribution in [3.63, 3.8) is 0 Å². The van der Waals surface area contributed by atoms with Gasteiger partial charge in [0.25, 0.3) is 0 Å². The Balaban J connectivity index is 1.75. The lowest BCUT2D eigenvalue weighted by molar-refractivity contribution is -0.0521. The van der Waals surface area contributed by atoms with Crippen molar-refractivity contribution in [3.05, 3.63) is 0 Å². The molecule has 1 nitrogen and oxygen atoms in total. The first-order valence-electron chi connectivity index (χ1n) is 6.66. The number of alkyl halides is 2. The van der Waals surface area contributed by atoms with Crippen molar-refractivity contribution in [3.8, 4) is 0 Å². The van der Waals surface area contributed by atoms with E-state index in [-0.39, 0.29) is 18.4 Å². The van der Waals surface area contributed by atoms with Crippen molar-refractivity contribution < 1.29 is 8.78 Å². The van der Waals surface area contributed by atoms with Gasteiger partial charge in [-0.05, 0) is 31.6 Å². The highest BCUT2D eigenvalue weighted by atomic mass is 19.3. The van der Waals surface area contributed by atoms with E-state index in [4.69, 9.17) is 5.73 Å². The van der Waals surface area contributed by atoms with E-state index in [0.717, 1.165) is 18.8 Å². The summed E-state index contributed by atoms with van der Waals surface area (Å²) < 4.78 is 26.1. The summed E-state index contributed by atoms with van der Waals surface area (Å²) in [5, 5.41) is 0. The maximum Gasteiger partial charge on any atom is 0.248 e. The molecular formula is C13H23F2N. The standard InChI is InChI=1S/C13H23F2N/c14-13(15)9-7-12(16,8-10-13)6-5-11-3-1-2-4-11/h11H,1-10,16H2. The van der Waals surface area contributed by atoms with Gasteiger partial charge in [0, 0.05) is 18.4 Å². The summed E-state index contributed by atoms with van der Waals surface area (Å²) in [6.45, 7) is 0. The zero-order chi connectivity index (χ0) is 11.6. The van der Waals surface area contributed by atoms with Crippen LogP contribution in [0.2, 0.25) is 0 Å². The Bertz CT molecular complexity index is 224. The molecule has 2 N–H and O–H groups in total. The van der Waals surface area contributed by atoms with Gasteiger partial charge in [-0.15, -0.1) is 0 Å². The molecule has 0 radical (unpaired) electrons. The van der Waals surface area contributed by atoms with Crippen molar-refractivity contribution in [2.45, 2.75) is 75.7 Å². The molecule has 0 saturated heterocycles. The molecule has 2 aliphatic carbocycles. The predicted molar refractivity (Wildman–Crippen MR) is 61.5 cm³/mol. The summed E-state index contributed by atoms with van der Waals surface area (Å²) in [6.07, 6.45) is 8.46. The fourth-order valence-electron chi connectivity index (χ4n) is 3.15. The molecule has 0 bridgehead atoms. The Morgan fingerprint density at radius 3 is 2.12 bits per heavy atom. The lowest BCUT2D eigenvalue weighted by atomic mass is 9.76. The van der Waals surface area contributed by atoms with Crippen LogP contribution in [-0.2, 0) is 0 Å². The highest BCUT2D eigenvalue weighted by Gasteiger charge is 2.41. The van der Waals surface area contributed by atoms with Gasteiger partial charge in [0.05, 0.1) is 0 Å². The van der Waals surface area contributed by atoms with Gasteiger partial charge in [-0.1, -0.05) is 25.7 Å². The van der Waals surface area contributed by atoms with Crippen LogP contribution in [0.1, 0.15) is 64.2 Å². The third-order valence-electron chi connectivity index (χ3n) is 4.50. The van der Waals surface area contributed by atoms with Crippen LogP contribution in [0.15, 0.2) is 0 Å². The molecule has 0 aliphatic heterocycles. The molecule has 0 amide bonds. The SMILES string of the molecule is NC1(CCC2CCCC2)CCC(F)(F)CC1. The van der Waals surface area contributed by atoms with E-state index in [1.807, 2.05) is 0 Å². The molecule has 2 fully saturated rings. The van der Waals surface area contributed by atoms with Crippen molar-refractivity contribution >= 4 is 0 Å². The second-order valence-corrected chi connectivity index (χ2v) is 5.91. The van der Waals surface area contributed by atoms with Crippen molar-refractivity contribution in [1.82, 2.24) is 0 Å². The first kappa shape index (κ1) is 12.3. The average molecular weight is 231 g/mol. The van der Waals surface area contributed by atoms with Gasteiger partial charge in [0.2, 0.25) is 5.92 Å². The van der Waals surface area contributed by atoms with E-state index >= 15 is 0 Å². The Kier molecular flexibility index (Phi) is 3.53. The Labute approximate surface area is 96.8 Å². The molecular weight excluding hydrogens is 208 g/mol. The smallest absolute Gasteiger partial charge is 0.248 e. The van der Waals surface area contributed by atoms with Crippen LogP contribution in [0, 0.1) is 5.92 Å². The molecule has 2 rings (SSSR count). The van der Waals surface area contributed by atoms with Crippen molar-refractivity contribution in [1.29, 1.82) is 0 Å². The minimum absolute atomic E-state index is 0.00579. The van der Waals surface area contributed by atoms with Crippen LogP contribution in [0.4, 0.5) is 8.78 Å². The number of rotatable bonds is 3. The highest BCUT2D eigenvalue weighted by Crippen LogP contribution is 2.40. The lowest BCUT2D eigenvalue weighted by Crippen LogP contribution is -2.46. The summed E-state index contributed by atoms with van der Waals surface area (Å²) >= 11 is 0. The molecule has 0 aromatic rings. The van der Waals surface area contributed by atoms with Gasteiger partial charge in [-0.25, -0.2) is 8.78 Å². The number of nitrogens with two attached hydrogens (primary N) is 1. The normalized spacial score (nSPS) is 29.4. The van der Waals surface area contributed by atoms with Crippen LogP contribution >= 0.6 is 0 Å². The van der Waals surface area contributed by atoms with Gasteiger partial charge in [-0.2, -0.15) is 0 Å². The molecule has 94 valence electrons. The van der Waals surface area contributed by atoms with Gasteiger partial charge in [-0.3, -0.25) is 0 Å². The molecule has 2 aliphatic rings. The maximum absolute atomic E-state index is 13.0. The van der Waals surface area contributed by atoms with Crippen LogP contribution in [-0.4, -0.2) is 11.5 Å². The number of halogens is 2. The van der Waals surface area contributed by atoms with E-state index in [9.17, 15) is 8.78 Å². The summed E-state index contributed by atoms with van der Waals surface area (Å²) in [5.41, 5.74) is 5.94. The lowest BCUT2D eigenvalue weighted by Gasteiger charge is -2.37. The molecule has 0 spiro atoms. The summed E-state index contributed by atoms with van der Waals surface area (Å²) in [7, 11) is 0. The van der Waals surface area contributed by atoms with Gasteiger partial charge in [0.1, 0.15) is 0 Å². The van der Waals surface area contributed by atoms with Crippen LogP contribution in [0.3, 0.4) is 0 Å². The third-order valence-corrected chi connectivity index (χ3v) is 4.50. The molecule has 0 aromatic heterocycles. The highest BCUT2D eigenvalue weighted by molar-refractivity contribution is 4.93. The van der Waals surface area contributed by atoms with E-state index in [2.05, 4.69) is 0 Å². The minimum Gasteiger partial charge on any atom is -0.325 e. The molecule has 2 saturated carbocycles. The molecule has 0 atom stereocenters. The second-order valence-electron chi connectivity index (χ2n) is 5.91. The molecule has 16 heavy (non-hydrogen) atoms. The van der Waals surface area contributed by atoms with Gasteiger partial charge < -0.3 is 5.73 Å². The Morgan fingerprint density at radius 1 is 1.00 bits per heavy atom. The predicted octanol–water partition coefficient (Wildman–Crippen LogP) is 3.86. The van der Waals surface area contributed by atoms with E-state index in [1.54, 1.807) is 0 Å². The van der Waals surface area contributed by atoms with Gasteiger partial charge in [0.15, 0.2) is 0 Å². The summed E-state index contributed by atoms with van der Waals surface area (Å²) in [5.74, 6) is -1.63. The van der Waals surface area contributed by atoms with E-state index in [0.29, 0.717) is 12.8 Å². The zero-order valence-electron chi connectivity index (χ0n) is 9.98. The summed E-state index contributed by atoms with van der Waals surface area (Å²) in [4.78, 5) is 0. The monoisotopic (exact) mass is 231 g/mol. The molecule has 0 aromatic carbocycles. The largest absolute Gasteiger partial charge is 0.325 e. The Morgan fingerprint density at radius 2 is 1.56 bits per heavy atom. The number of hydrogen-bond donors (Lipinski definition) is 1. The zero-order valence-corrected chi connectivity index (χ0v) is 9.98.